The third-order valence-corrected chi connectivity index (χ3v) is 10.7. The van der Waals surface area contributed by atoms with Crippen molar-refractivity contribution in [3.63, 3.8) is 0 Å². The summed E-state index contributed by atoms with van der Waals surface area (Å²) in [7, 11) is 0. The molecule has 57 heavy (non-hydrogen) atoms. The minimum atomic E-state index is -2.35. The van der Waals surface area contributed by atoms with Crippen LogP contribution in [0.1, 0.15) is 15.2 Å². The zero-order valence-corrected chi connectivity index (χ0v) is 33.6. The normalized spacial score (nSPS) is 12.3. The quantitative estimate of drug-likeness (QED) is 0.149. The van der Waals surface area contributed by atoms with Crippen molar-refractivity contribution >= 4 is 49.9 Å². The molecule has 0 bridgehead atoms. The molecular formula is C51H38N5Pt-. The van der Waals surface area contributed by atoms with Crippen molar-refractivity contribution in [3.05, 3.63) is 200 Å². The Labute approximate surface area is 351 Å². The van der Waals surface area contributed by atoms with E-state index < -0.39 is 6.98 Å². The van der Waals surface area contributed by atoms with Crippen molar-refractivity contribution in [1.82, 2.24) is 18.7 Å². The van der Waals surface area contributed by atoms with Crippen molar-refractivity contribution < 1.29 is 25.2 Å². The van der Waals surface area contributed by atoms with E-state index in [0.29, 0.717) is 11.2 Å². The summed E-state index contributed by atoms with van der Waals surface area (Å²) >= 11 is 0. The molecule has 0 unspecified atom stereocenters. The molecule has 7 aromatic carbocycles. The van der Waals surface area contributed by atoms with Gasteiger partial charge in [0.2, 0.25) is 0 Å². The van der Waals surface area contributed by atoms with E-state index in [4.69, 9.17) is 9.10 Å². The molecule has 0 spiro atoms. The largest absolute Gasteiger partial charge is 0.357 e. The van der Waals surface area contributed by atoms with Crippen LogP contribution < -0.4 is 4.90 Å². The first-order valence-electron chi connectivity index (χ1n) is 20.2. The van der Waals surface area contributed by atoms with Gasteiger partial charge in [-0.05, 0) is 82.9 Å². The van der Waals surface area contributed by atoms with Gasteiger partial charge in [-0.25, -0.2) is 14.1 Å². The maximum absolute atomic E-state index is 8.25. The molecule has 0 aliphatic rings. The first-order chi connectivity index (χ1) is 28.7. The number of hydrogen-bond donors (Lipinski definition) is 0. The number of hydrogen-bond acceptors (Lipinski definition) is 2. The predicted molar refractivity (Wildman–Crippen MR) is 231 cm³/mol. The number of fused-ring (bicyclic) bond motifs is 4. The Morgan fingerprint density at radius 3 is 2.05 bits per heavy atom. The number of imidazole rings is 1. The van der Waals surface area contributed by atoms with Crippen LogP contribution in [0.25, 0.3) is 66.6 Å². The summed E-state index contributed by atoms with van der Waals surface area (Å²) in [5, 5.41) is 2.17. The Kier molecular flexibility index (Phi) is 8.50. The van der Waals surface area contributed by atoms with Crippen molar-refractivity contribution in [2.24, 2.45) is 6.98 Å². The van der Waals surface area contributed by atoms with E-state index in [2.05, 4.69) is 151 Å². The number of anilines is 3. The molecule has 6 heteroatoms. The molecule has 10 rings (SSSR count). The summed E-state index contributed by atoms with van der Waals surface area (Å²) in [6.45, 7) is 1.89. The van der Waals surface area contributed by atoms with Crippen molar-refractivity contribution in [2.45, 2.75) is 13.8 Å². The average molecular weight is 919 g/mol. The Hall–Kier alpha value is -6.55. The Morgan fingerprint density at radius 1 is 0.596 bits per heavy atom. The van der Waals surface area contributed by atoms with Crippen LogP contribution in [0, 0.1) is 26.0 Å². The van der Waals surface area contributed by atoms with Crippen LogP contribution in [-0.2, 0) is 28.0 Å². The molecule has 0 saturated carbocycles. The Bertz CT molecular complexity index is 3180. The smallest absolute Gasteiger partial charge is 0.188 e. The molecule has 0 atom stereocenters. The van der Waals surface area contributed by atoms with Crippen LogP contribution in [0.3, 0.4) is 0 Å². The second-order valence-electron chi connectivity index (χ2n) is 14.1. The molecule has 0 saturated heterocycles. The predicted octanol–water partition coefficient (Wildman–Crippen LogP) is 12.8. The topological polar surface area (TPSA) is 30.9 Å². The summed E-state index contributed by atoms with van der Waals surface area (Å²) in [5.41, 5.74) is 13.4. The van der Waals surface area contributed by atoms with Gasteiger partial charge in [0.1, 0.15) is 5.82 Å². The van der Waals surface area contributed by atoms with Gasteiger partial charge in [-0.15, -0.1) is 29.7 Å². The zero-order valence-electron chi connectivity index (χ0n) is 34.3. The van der Waals surface area contributed by atoms with Gasteiger partial charge >= 0.3 is 0 Å². The molecule has 278 valence electrons. The molecule has 3 heterocycles. The van der Waals surface area contributed by atoms with E-state index in [1.165, 1.54) is 4.57 Å². The maximum atomic E-state index is 8.25. The van der Waals surface area contributed by atoms with Crippen LogP contribution in [0.2, 0.25) is 0 Å². The third-order valence-electron chi connectivity index (χ3n) is 10.7. The monoisotopic (exact) mass is 918 g/mol. The van der Waals surface area contributed by atoms with Gasteiger partial charge in [-0.1, -0.05) is 114 Å². The van der Waals surface area contributed by atoms with Gasteiger partial charge in [0.15, 0.2) is 17.4 Å². The van der Waals surface area contributed by atoms with Crippen LogP contribution in [-0.4, -0.2) is 18.7 Å². The van der Waals surface area contributed by atoms with Crippen LogP contribution >= 0.6 is 0 Å². The standard InChI is InChI=1S/C51H38N5.Pt/c1-35-15-13-16-36(2)51(35)55(40-20-14-19-39(32-40)54-34-53(3)47-25-11-12-26-48(47)54)41-27-28-45-44-23-9-10-24-46(44)56(49(45)33-41)50-31-38(29-30-52-50)43-22-8-7-21-42(43)37-17-5-4-6-18-37;/h4-31,34H,1-3H3;/q-1;/i3D3;. The Balaban J connectivity index is 0.00000462. The van der Waals surface area contributed by atoms with Gasteiger partial charge in [-0.3, -0.25) is 0 Å². The number of rotatable bonds is 7. The fraction of sp³-hybridized carbons (Fsp3) is 0.0588. The second kappa shape index (κ2) is 14.8. The summed E-state index contributed by atoms with van der Waals surface area (Å²) in [5.74, 6) is 0.791. The van der Waals surface area contributed by atoms with E-state index in [1.54, 1.807) is 6.33 Å². The van der Waals surface area contributed by atoms with Gasteiger partial charge in [0, 0.05) is 67.4 Å². The summed E-state index contributed by atoms with van der Waals surface area (Å²) in [6, 6.07) is 63.4. The van der Waals surface area contributed by atoms with E-state index in [9.17, 15) is 0 Å². The second-order valence-corrected chi connectivity index (χ2v) is 14.1. The summed E-state index contributed by atoms with van der Waals surface area (Å²) in [4.78, 5) is 7.20. The van der Waals surface area contributed by atoms with Gasteiger partial charge < -0.3 is 9.47 Å². The summed E-state index contributed by atoms with van der Waals surface area (Å²) in [6.07, 6.45) is 3.54. The van der Waals surface area contributed by atoms with E-state index in [1.807, 2.05) is 59.3 Å². The number of benzene rings is 7. The maximum Gasteiger partial charge on any atom is 0.188 e. The minimum absolute atomic E-state index is 0. The number of pyridine rings is 1. The van der Waals surface area contributed by atoms with Crippen molar-refractivity contribution in [2.75, 3.05) is 4.90 Å². The zero-order chi connectivity index (χ0) is 40.3. The number of nitrogens with zero attached hydrogens (tertiary/aromatic N) is 5. The number of para-hydroxylation sites is 4. The molecule has 10 aromatic rings. The Morgan fingerprint density at radius 2 is 1.26 bits per heavy atom. The molecule has 5 nitrogen and oxygen atoms in total. The third kappa shape index (κ3) is 6.25. The average Bonchev–Trinajstić information content (AvgIpc) is 3.82. The fourth-order valence-corrected chi connectivity index (χ4v) is 8.11. The molecule has 0 radical (unpaired) electrons. The van der Waals surface area contributed by atoms with Crippen LogP contribution in [0.4, 0.5) is 17.1 Å². The van der Waals surface area contributed by atoms with E-state index in [0.717, 1.165) is 83.6 Å². The summed E-state index contributed by atoms with van der Waals surface area (Å²) < 4.78 is 30.2. The molecule has 0 fully saturated rings. The van der Waals surface area contributed by atoms with Gasteiger partial charge in [0.05, 0.1) is 0 Å². The van der Waals surface area contributed by atoms with Gasteiger partial charge in [-0.2, -0.15) is 12.1 Å². The number of aryl methyl sites for hydroxylation is 3. The van der Waals surface area contributed by atoms with Crippen molar-refractivity contribution in [1.29, 1.82) is 0 Å². The van der Waals surface area contributed by atoms with Gasteiger partial charge in [0.25, 0.3) is 0 Å². The molecule has 0 aliphatic carbocycles. The molecule has 3 aromatic heterocycles. The fourth-order valence-electron chi connectivity index (χ4n) is 8.11. The first kappa shape index (κ1) is 32.7. The van der Waals surface area contributed by atoms with E-state index in [-0.39, 0.29) is 21.1 Å². The number of aromatic nitrogens is 4. The van der Waals surface area contributed by atoms with Crippen LogP contribution in [0.15, 0.2) is 176 Å². The SMILES string of the molecule is [2H]C([2H])([2H])n1[cH+]n(-c2[c-]c(N(c3[c-]c4c(cc3)c3ccccc3n4-c3cc(-c4ccccc4-c4ccccc4)ccn3)c3c(C)cccc3C)ccc2)c2ccccc21.[Pt]. The van der Waals surface area contributed by atoms with Crippen LogP contribution in [0.5, 0.6) is 0 Å². The van der Waals surface area contributed by atoms with Crippen molar-refractivity contribution in [3.8, 4) is 33.8 Å². The molecule has 0 aliphatic heterocycles. The molecule has 0 amide bonds. The minimum Gasteiger partial charge on any atom is -0.357 e. The first-order valence-corrected chi connectivity index (χ1v) is 18.7. The molecule has 0 N–H and O–H groups in total. The molecular weight excluding hydrogens is 878 g/mol. The van der Waals surface area contributed by atoms with E-state index >= 15 is 0 Å².